The second-order valence-corrected chi connectivity index (χ2v) is 9.93. The van der Waals surface area contributed by atoms with E-state index in [2.05, 4.69) is 5.32 Å². The van der Waals surface area contributed by atoms with Gasteiger partial charge < -0.3 is 24.8 Å². The van der Waals surface area contributed by atoms with E-state index in [0.29, 0.717) is 29.0 Å². The summed E-state index contributed by atoms with van der Waals surface area (Å²) >= 11 is 0. The van der Waals surface area contributed by atoms with Crippen molar-refractivity contribution in [3.63, 3.8) is 0 Å². The molecule has 0 bridgehead atoms. The third-order valence-electron chi connectivity index (χ3n) is 7.00. The second kappa shape index (κ2) is 14.8. The molecule has 0 saturated heterocycles. The third-order valence-corrected chi connectivity index (χ3v) is 7.00. The fraction of sp³-hybridized carbons (Fsp3) is 0.206. The van der Waals surface area contributed by atoms with Gasteiger partial charge in [-0.15, -0.1) is 0 Å². The summed E-state index contributed by atoms with van der Waals surface area (Å²) < 4.78 is 37.9. The van der Waals surface area contributed by atoms with Gasteiger partial charge in [0.05, 0.1) is 20.6 Å². The minimum absolute atomic E-state index is 0.0257. The van der Waals surface area contributed by atoms with Crippen molar-refractivity contribution < 1.29 is 37.7 Å². The number of carboxylic acids is 1. The Balaban J connectivity index is 1.60. The summed E-state index contributed by atoms with van der Waals surface area (Å²) in [5.74, 6) is -2.33. The van der Waals surface area contributed by atoms with E-state index in [1.807, 2.05) is 6.07 Å². The standard InChI is InChI=1S/C34H32F2N2O6/c1-43-30-12-11-22(19-31(30)44-2)13-15-38(16-14-32(39)40)34(42)29-10-6-4-8-27(29)26-7-3-5-9-28(26)33(41)37-21-23-17-24(35)20-25(36)18-23/h3-12,17-20H,13-16,21H2,1-2H3,(H,37,41)(H,39,40). The molecule has 0 aliphatic rings. The Labute approximate surface area is 253 Å². The van der Waals surface area contributed by atoms with E-state index in [-0.39, 0.29) is 42.7 Å². The summed E-state index contributed by atoms with van der Waals surface area (Å²) in [5.41, 5.74) is 2.62. The lowest BCUT2D eigenvalue weighted by atomic mass is 9.94. The maximum absolute atomic E-state index is 14.0. The summed E-state index contributed by atoms with van der Waals surface area (Å²) in [6, 6.07) is 21.9. The molecule has 0 heterocycles. The summed E-state index contributed by atoms with van der Waals surface area (Å²) in [7, 11) is 3.06. The molecule has 0 aliphatic carbocycles. The van der Waals surface area contributed by atoms with E-state index in [1.54, 1.807) is 60.7 Å². The number of nitrogens with zero attached hydrogens (tertiary/aromatic N) is 1. The van der Waals surface area contributed by atoms with Crippen LogP contribution >= 0.6 is 0 Å². The van der Waals surface area contributed by atoms with Crippen LogP contribution in [-0.2, 0) is 17.8 Å². The first-order chi connectivity index (χ1) is 21.2. The monoisotopic (exact) mass is 602 g/mol. The highest BCUT2D eigenvalue weighted by Crippen LogP contribution is 2.30. The Hall–Kier alpha value is -5.25. The first kappa shape index (κ1) is 31.7. The van der Waals surface area contributed by atoms with E-state index < -0.39 is 29.4 Å². The predicted molar refractivity (Wildman–Crippen MR) is 161 cm³/mol. The van der Waals surface area contributed by atoms with Crippen molar-refractivity contribution in [2.45, 2.75) is 19.4 Å². The number of rotatable bonds is 13. The third kappa shape index (κ3) is 7.97. The molecule has 8 nitrogen and oxygen atoms in total. The van der Waals surface area contributed by atoms with Gasteiger partial charge in [-0.25, -0.2) is 8.78 Å². The van der Waals surface area contributed by atoms with Crippen LogP contribution in [0.2, 0.25) is 0 Å². The summed E-state index contributed by atoms with van der Waals surface area (Å²) in [6.07, 6.45) is 0.174. The predicted octanol–water partition coefficient (Wildman–Crippen LogP) is 5.74. The first-order valence-electron chi connectivity index (χ1n) is 13.8. The van der Waals surface area contributed by atoms with Crippen molar-refractivity contribution in [3.05, 3.63) is 119 Å². The molecule has 0 atom stereocenters. The number of hydrogen-bond acceptors (Lipinski definition) is 5. The molecule has 0 unspecified atom stereocenters. The van der Waals surface area contributed by atoms with Crippen LogP contribution in [0.15, 0.2) is 84.9 Å². The second-order valence-electron chi connectivity index (χ2n) is 9.93. The van der Waals surface area contributed by atoms with Gasteiger partial charge in [-0.1, -0.05) is 42.5 Å². The van der Waals surface area contributed by atoms with E-state index in [9.17, 15) is 28.3 Å². The van der Waals surface area contributed by atoms with Crippen molar-refractivity contribution in [1.29, 1.82) is 0 Å². The number of nitrogens with one attached hydrogen (secondary N) is 1. The lowest BCUT2D eigenvalue weighted by Crippen LogP contribution is -2.35. The average Bonchev–Trinajstić information content (AvgIpc) is 3.02. The van der Waals surface area contributed by atoms with Gasteiger partial charge in [-0.2, -0.15) is 0 Å². The number of ether oxygens (including phenoxy) is 2. The van der Waals surface area contributed by atoms with E-state index >= 15 is 0 Å². The molecule has 2 amide bonds. The minimum atomic E-state index is -1.04. The molecule has 0 spiro atoms. The number of hydrogen-bond donors (Lipinski definition) is 2. The molecule has 0 radical (unpaired) electrons. The van der Waals surface area contributed by atoms with E-state index in [4.69, 9.17) is 9.47 Å². The molecule has 2 N–H and O–H groups in total. The Morgan fingerprint density at radius 1 is 0.750 bits per heavy atom. The minimum Gasteiger partial charge on any atom is -0.493 e. The van der Waals surface area contributed by atoms with Gasteiger partial charge in [0.1, 0.15) is 11.6 Å². The van der Waals surface area contributed by atoms with Crippen LogP contribution in [0, 0.1) is 11.6 Å². The van der Waals surface area contributed by atoms with Gasteiger partial charge in [0.2, 0.25) is 0 Å². The molecule has 4 aromatic carbocycles. The Kier molecular flexibility index (Phi) is 10.6. The molecular weight excluding hydrogens is 570 g/mol. The molecular formula is C34H32F2N2O6. The van der Waals surface area contributed by atoms with Gasteiger partial charge in [-0.05, 0) is 65.1 Å². The van der Waals surface area contributed by atoms with Crippen molar-refractivity contribution in [2.24, 2.45) is 0 Å². The number of amides is 2. The number of halogens is 2. The summed E-state index contributed by atoms with van der Waals surface area (Å²) in [5, 5.41) is 12.1. The van der Waals surface area contributed by atoms with E-state index in [1.165, 1.54) is 19.1 Å². The molecule has 0 saturated carbocycles. The number of aliphatic carboxylic acids is 1. The summed E-state index contributed by atoms with van der Waals surface area (Å²) in [4.78, 5) is 40.1. The van der Waals surface area contributed by atoms with Gasteiger partial charge in [0.25, 0.3) is 11.8 Å². The van der Waals surface area contributed by atoms with Gasteiger partial charge >= 0.3 is 5.97 Å². The molecule has 4 rings (SSSR count). The normalized spacial score (nSPS) is 10.6. The highest BCUT2D eigenvalue weighted by Gasteiger charge is 2.23. The van der Waals surface area contributed by atoms with Crippen molar-refractivity contribution in [2.75, 3.05) is 27.3 Å². The molecule has 4 aromatic rings. The number of benzene rings is 4. The molecule has 0 aliphatic heterocycles. The SMILES string of the molecule is COc1ccc(CCN(CCC(=O)O)C(=O)c2ccccc2-c2ccccc2C(=O)NCc2cc(F)cc(F)c2)cc1OC. The van der Waals surface area contributed by atoms with Gasteiger partial charge in [-0.3, -0.25) is 14.4 Å². The number of carbonyl (C=O) groups is 3. The highest BCUT2D eigenvalue weighted by molar-refractivity contribution is 6.06. The first-order valence-corrected chi connectivity index (χ1v) is 13.8. The lowest BCUT2D eigenvalue weighted by Gasteiger charge is -2.24. The zero-order chi connectivity index (χ0) is 31.6. The average molecular weight is 603 g/mol. The zero-order valence-corrected chi connectivity index (χ0v) is 24.3. The molecule has 0 aromatic heterocycles. The Bertz CT molecular complexity index is 1640. The number of carbonyl (C=O) groups excluding carboxylic acids is 2. The fourth-order valence-electron chi connectivity index (χ4n) is 4.83. The van der Waals surface area contributed by atoms with Crippen LogP contribution in [0.25, 0.3) is 11.1 Å². The van der Waals surface area contributed by atoms with Crippen molar-refractivity contribution in [1.82, 2.24) is 10.2 Å². The van der Waals surface area contributed by atoms with Crippen LogP contribution in [0.4, 0.5) is 8.78 Å². The molecule has 44 heavy (non-hydrogen) atoms. The van der Waals surface area contributed by atoms with Crippen LogP contribution in [0.3, 0.4) is 0 Å². The topological polar surface area (TPSA) is 105 Å². The molecule has 10 heteroatoms. The fourth-order valence-corrected chi connectivity index (χ4v) is 4.83. The van der Waals surface area contributed by atoms with E-state index in [0.717, 1.165) is 23.8 Å². The smallest absolute Gasteiger partial charge is 0.305 e. The van der Waals surface area contributed by atoms with Crippen LogP contribution in [0.1, 0.15) is 38.3 Å². The van der Waals surface area contributed by atoms with Crippen LogP contribution in [-0.4, -0.2) is 55.1 Å². The van der Waals surface area contributed by atoms with Crippen molar-refractivity contribution in [3.8, 4) is 22.6 Å². The lowest BCUT2D eigenvalue weighted by molar-refractivity contribution is -0.137. The number of carboxylic acid groups (broad SMARTS) is 1. The Morgan fingerprint density at radius 3 is 2.00 bits per heavy atom. The van der Waals surface area contributed by atoms with Crippen molar-refractivity contribution >= 4 is 17.8 Å². The summed E-state index contributed by atoms with van der Waals surface area (Å²) in [6.45, 7) is 0.0892. The molecule has 228 valence electrons. The van der Waals surface area contributed by atoms with Crippen LogP contribution in [0.5, 0.6) is 11.5 Å². The quantitative estimate of drug-likeness (QED) is 0.202. The highest BCUT2D eigenvalue weighted by atomic mass is 19.1. The Morgan fingerprint density at radius 2 is 1.36 bits per heavy atom. The number of methoxy groups -OCH3 is 2. The maximum Gasteiger partial charge on any atom is 0.305 e. The molecule has 0 fully saturated rings. The zero-order valence-electron chi connectivity index (χ0n) is 24.3. The van der Waals surface area contributed by atoms with Gasteiger partial charge in [0, 0.05) is 36.8 Å². The maximum atomic E-state index is 14.0. The largest absolute Gasteiger partial charge is 0.493 e. The van der Waals surface area contributed by atoms with Crippen LogP contribution < -0.4 is 14.8 Å². The van der Waals surface area contributed by atoms with Gasteiger partial charge in [0.15, 0.2) is 11.5 Å².